The Balaban J connectivity index is 1.63. The van der Waals surface area contributed by atoms with Crippen LogP contribution in [0.15, 0.2) is 30.9 Å². The molecular formula is C14H17N5O. The molecule has 0 atom stereocenters. The molecule has 0 spiro atoms. The molecule has 104 valence electrons. The summed E-state index contributed by atoms with van der Waals surface area (Å²) in [5.41, 5.74) is 7.52. The molecule has 2 heterocycles. The van der Waals surface area contributed by atoms with Crippen molar-refractivity contribution in [2.75, 3.05) is 12.3 Å². The lowest BCUT2D eigenvalue weighted by Gasteiger charge is -2.09. The zero-order valence-corrected chi connectivity index (χ0v) is 11.1. The summed E-state index contributed by atoms with van der Waals surface area (Å²) in [6.07, 6.45) is 7.33. The lowest BCUT2D eigenvalue weighted by atomic mass is 10.2. The molecule has 1 aliphatic rings. The predicted octanol–water partition coefficient (Wildman–Crippen LogP) is 1.05. The third-order valence-corrected chi connectivity index (χ3v) is 3.39. The minimum Gasteiger partial charge on any atom is -0.384 e. The number of rotatable bonds is 5. The standard InChI is InChI=1S/C14H17N5O/c15-13-4-3-11(7-18-13)12-8-16-9-19(12)6-5-17-14(20)10-1-2-10/h3-4,7-10H,1-2,5-6H2,(H2,15,18)(H,17,20). The van der Waals surface area contributed by atoms with E-state index in [9.17, 15) is 4.79 Å². The second-order valence-electron chi connectivity index (χ2n) is 5.01. The molecule has 0 bridgehead atoms. The fourth-order valence-electron chi connectivity index (χ4n) is 2.09. The van der Waals surface area contributed by atoms with E-state index >= 15 is 0 Å². The number of hydrogen-bond acceptors (Lipinski definition) is 4. The highest BCUT2D eigenvalue weighted by Crippen LogP contribution is 2.28. The largest absolute Gasteiger partial charge is 0.384 e. The van der Waals surface area contributed by atoms with Gasteiger partial charge in [-0.15, -0.1) is 0 Å². The van der Waals surface area contributed by atoms with Crippen molar-refractivity contribution in [2.45, 2.75) is 19.4 Å². The van der Waals surface area contributed by atoms with Gasteiger partial charge in [0, 0.05) is 30.8 Å². The SMILES string of the molecule is Nc1ccc(-c2cncn2CCNC(=O)C2CC2)cn1. The number of nitrogens with zero attached hydrogens (tertiary/aromatic N) is 3. The Labute approximate surface area is 117 Å². The van der Waals surface area contributed by atoms with E-state index in [1.54, 1.807) is 24.8 Å². The average Bonchev–Trinajstić information content (AvgIpc) is 3.20. The fraction of sp³-hybridized carbons (Fsp3) is 0.357. The van der Waals surface area contributed by atoms with Gasteiger partial charge in [0.05, 0.1) is 18.2 Å². The van der Waals surface area contributed by atoms with Crippen molar-refractivity contribution >= 4 is 11.7 Å². The smallest absolute Gasteiger partial charge is 0.223 e. The van der Waals surface area contributed by atoms with Gasteiger partial charge in [0.1, 0.15) is 5.82 Å². The minimum atomic E-state index is 0.167. The number of pyridine rings is 1. The minimum absolute atomic E-state index is 0.167. The summed E-state index contributed by atoms with van der Waals surface area (Å²) < 4.78 is 2.00. The highest BCUT2D eigenvalue weighted by molar-refractivity contribution is 5.80. The number of nitrogens with one attached hydrogen (secondary N) is 1. The molecule has 0 aliphatic heterocycles. The molecule has 0 aromatic carbocycles. The molecule has 1 saturated carbocycles. The molecule has 1 fully saturated rings. The zero-order chi connectivity index (χ0) is 13.9. The van der Waals surface area contributed by atoms with E-state index in [0.29, 0.717) is 18.9 Å². The van der Waals surface area contributed by atoms with Crippen LogP contribution >= 0.6 is 0 Å². The number of aromatic nitrogens is 3. The lowest BCUT2D eigenvalue weighted by molar-refractivity contribution is -0.122. The number of imidazole rings is 1. The number of hydrogen-bond donors (Lipinski definition) is 2. The summed E-state index contributed by atoms with van der Waals surface area (Å²) >= 11 is 0. The first kappa shape index (κ1) is 12.7. The first-order valence-corrected chi connectivity index (χ1v) is 6.74. The molecule has 1 aliphatic carbocycles. The van der Waals surface area contributed by atoms with Crippen LogP contribution in [-0.2, 0) is 11.3 Å². The number of nitrogens with two attached hydrogens (primary N) is 1. The van der Waals surface area contributed by atoms with Gasteiger partial charge in [-0.05, 0) is 25.0 Å². The van der Waals surface area contributed by atoms with Crippen LogP contribution in [0.2, 0.25) is 0 Å². The maximum Gasteiger partial charge on any atom is 0.223 e. The number of anilines is 1. The number of nitrogen functional groups attached to an aromatic ring is 1. The second-order valence-corrected chi connectivity index (χ2v) is 5.01. The Morgan fingerprint density at radius 1 is 1.40 bits per heavy atom. The highest BCUT2D eigenvalue weighted by Gasteiger charge is 2.29. The first-order valence-electron chi connectivity index (χ1n) is 6.74. The van der Waals surface area contributed by atoms with Gasteiger partial charge in [0.2, 0.25) is 5.91 Å². The molecule has 6 heteroatoms. The molecule has 0 saturated heterocycles. The summed E-state index contributed by atoms with van der Waals surface area (Å²) in [6, 6.07) is 3.68. The third kappa shape index (κ3) is 2.79. The molecule has 2 aromatic heterocycles. The van der Waals surface area contributed by atoms with E-state index in [2.05, 4.69) is 15.3 Å². The van der Waals surface area contributed by atoms with Crippen LogP contribution < -0.4 is 11.1 Å². The van der Waals surface area contributed by atoms with Gasteiger partial charge in [0.25, 0.3) is 0 Å². The van der Waals surface area contributed by atoms with Crippen LogP contribution in [0.1, 0.15) is 12.8 Å². The van der Waals surface area contributed by atoms with Crippen LogP contribution in [0.5, 0.6) is 0 Å². The number of carbonyl (C=O) groups is 1. The van der Waals surface area contributed by atoms with E-state index in [1.165, 1.54) is 0 Å². The molecule has 20 heavy (non-hydrogen) atoms. The van der Waals surface area contributed by atoms with E-state index < -0.39 is 0 Å². The number of carbonyl (C=O) groups excluding carboxylic acids is 1. The number of amides is 1. The third-order valence-electron chi connectivity index (χ3n) is 3.39. The van der Waals surface area contributed by atoms with Crippen molar-refractivity contribution in [3.05, 3.63) is 30.9 Å². The lowest BCUT2D eigenvalue weighted by Crippen LogP contribution is -2.28. The molecule has 3 N–H and O–H groups in total. The normalized spacial score (nSPS) is 14.2. The van der Waals surface area contributed by atoms with Gasteiger partial charge in [-0.25, -0.2) is 9.97 Å². The molecular weight excluding hydrogens is 254 g/mol. The summed E-state index contributed by atoms with van der Waals surface area (Å²) in [5.74, 6) is 0.913. The van der Waals surface area contributed by atoms with Crippen molar-refractivity contribution in [1.29, 1.82) is 0 Å². The molecule has 2 aromatic rings. The van der Waals surface area contributed by atoms with Crippen LogP contribution in [0, 0.1) is 5.92 Å². The van der Waals surface area contributed by atoms with Crippen molar-refractivity contribution in [3.8, 4) is 11.3 Å². The van der Waals surface area contributed by atoms with Gasteiger partial charge in [-0.1, -0.05) is 0 Å². The van der Waals surface area contributed by atoms with Gasteiger partial charge >= 0.3 is 0 Å². The maximum absolute atomic E-state index is 11.6. The monoisotopic (exact) mass is 271 g/mol. The van der Waals surface area contributed by atoms with Crippen molar-refractivity contribution < 1.29 is 4.79 Å². The van der Waals surface area contributed by atoms with E-state index in [1.807, 2.05) is 10.6 Å². The zero-order valence-electron chi connectivity index (χ0n) is 11.1. The topological polar surface area (TPSA) is 85.8 Å². The predicted molar refractivity (Wildman–Crippen MR) is 75.6 cm³/mol. The van der Waals surface area contributed by atoms with E-state index in [0.717, 1.165) is 24.1 Å². The molecule has 6 nitrogen and oxygen atoms in total. The Morgan fingerprint density at radius 2 is 2.25 bits per heavy atom. The quantitative estimate of drug-likeness (QED) is 0.851. The Bertz CT molecular complexity index is 600. The summed E-state index contributed by atoms with van der Waals surface area (Å²) in [6.45, 7) is 1.30. The average molecular weight is 271 g/mol. The summed E-state index contributed by atoms with van der Waals surface area (Å²) in [4.78, 5) is 19.8. The Morgan fingerprint density at radius 3 is 2.95 bits per heavy atom. The van der Waals surface area contributed by atoms with Crippen LogP contribution in [0.25, 0.3) is 11.3 Å². The summed E-state index contributed by atoms with van der Waals surface area (Å²) in [7, 11) is 0. The van der Waals surface area contributed by atoms with Crippen LogP contribution in [0.4, 0.5) is 5.82 Å². The first-order chi connectivity index (χ1) is 9.74. The van der Waals surface area contributed by atoms with Gasteiger partial charge in [-0.2, -0.15) is 0 Å². The van der Waals surface area contributed by atoms with E-state index in [4.69, 9.17) is 5.73 Å². The van der Waals surface area contributed by atoms with Gasteiger partial charge in [-0.3, -0.25) is 4.79 Å². The Hall–Kier alpha value is -2.37. The van der Waals surface area contributed by atoms with Gasteiger partial charge < -0.3 is 15.6 Å². The van der Waals surface area contributed by atoms with Crippen molar-refractivity contribution in [3.63, 3.8) is 0 Å². The van der Waals surface area contributed by atoms with Crippen molar-refractivity contribution in [2.24, 2.45) is 5.92 Å². The molecule has 1 amide bonds. The highest BCUT2D eigenvalue weighted by atomic mass is 16.2. The maximum atomic E-state index is 11.6. The summed E-state index contributed by atoms with van der Waals surface area (Å²) in [5, 5.41) is 2.95. The van der Waals surface area contributed by atoms with E-state index in [-0.39, 0.29) is 11.8 Å². The van der Waals surface area contributed by atoms with Crippen molar-refractivity contribution in [1.82, 2.24) is 19.9 Å². The molecule has 0 unspecified atom stereocenters. The van der Waals surface area contributed by atoms with Crippen LogP contribution in [-0.4, -0.2) is 27.0 Å². The second kappa shape index (κ2) is 5.32. The molecule has 0 radical (unpaired) electrons. The molecule has 3 rings (SSSR count). The van der Waals surface area contributed by atoms with Crippen LogP contribution in [0.3, 0.4) is 0 Å². The van der Waals surface area contributed by atoms with Gasteiger partial charge in [0.15, 0.2) is 0 Å². The Kier molecular flexibility index (Phi) is 3.37. The fourth-order valence-corrected chi connectivity index (χ4v) is 2.09.